The fourth-order valence-electron chi connectivity index (χ4n) is 2.22. The Morgan fingerprint density at radius 2 is 2.30 bits per heavy atom. The van der Waals surface area contributed by atoms with Crippen LogP contribution in [0.2, 0.25) is 0 Å². The number of amides is 1. The smallest absolute Gasteiger partial charge is 0.223 e. The third kappa shape index (κ3) is 4.03. The molecule has 20 heavy (non-hydrogen) atoms. The van der Waals surface area contributed by atoms with Crippen molar-refractivity contribution in [3.63, 3.8) is 0 Å². The summed E-state index contributed by atoms with van der Waals surface area (Å²) >= 11 is 0. The van der Waals surface area contributed by atoms with E-state index in [4.69, 9.17) is 4.74 Å². The van der Waals surface area contributed by atoms with Gasteiger partial charge >= 0.3 is 0 Å². The molecule has 1 aromatic rings. The van der Waals surface area contributed by atoms with Crippen LogP contribution in [0.15, 0.2) is 6.20 Å². The maximum Gasteiger partial charge on any atom is 0.223 e. The minimum absolute atomic E-state index is 0.0139. The normalized spacial score (nSPS) is 25.5. The molecule has 2 bridgehead atoms. The van der Waals surface area contributed by atoms with Crippen LogP contribution in [-0.4, -0.2) is 33.5 Å². The molecule has 6 nitrogen and oxygen atoms in total. The van der Waals surface area contributed by atoms with Crippen molar-refractivity contribution in [1.29, 1.82) is 0 Å². The summed E-state index contributed by atoms with van der Waals surface area (Å²) in [6.07, 6.45) is 3.69. The molecule has 0 fully saturated rings. The molecule has 1 N–H and O–H groups in total. The van der Waals surface area contributed by atoms with Crippen molar-refractivity contribution in [2.75, 3.05) is 6.61 Å². The predicted octanol–water partition coefficient (Wildman–Crippen LogP) is 1.37. The minimum Gasteiger partial charge on any atom is -0.373 e. The Morgan fingerprint density at radius 3 is 3.05 bits per heavy atom. The molecule has 0 saturated heterocycles. The van der Waals surface area contributed by atoms with Gasteiger partial charge in [0.05, 0.1) is 25.5 Å². The summed E-state index contributed by atoms with van der Waals surface area (Å²) < 4.78 is 7.49. The van der Waals surface area contributed by atoms with Gasteiger partial charge in [0.2, 0.25) is 5.91 Å². The van der Waals surface area contributed by atoms with Crippen LogP contribution < -0.4 is 5.32 Å². The van der Waals surface area contributed by atoms with Gasteiger partial charge in [-0.2, -0.15) is 0 Å². The third-order valence-electron chi connectivity index (χ3n) is 3.74. The summed E-state index contributed by atoms with van der Waals surface area (Å²) in [5.41, 5.74) is 0.839. The summed E-state index contributed by atoms with van der Waals surface area (Å²) in [6.45, 7) is 7.89. The Labute approximate surface area is 119 Å². The van der Waals surface area contributed by atoms with Crippen molar-refractivity contribution in [3.05, 3.63) is 11.9 Å². The van der Waals surface area contributed by atoms with Crippen LogP contribution >= 0.6 is 0 Å². The van der Waals surface area contributed by atoms with E-state index in [1.54, 1.807) is 0 Å². The van der Waals surface area contributed by atoms with Crippen LogP contribution in [0.5, 0.6) is 0 Å². The van der Waals surface area contributed by atoms with Crippen LogP contribution in [0.25, 0.3) is 0 Å². The second-order valence-electron chi connectivity index (χ2n) is 5.89. The van der Waals surface area contributed by atoms with Gasteiger partial charge in [-0.15, -0.1) is 5.10 Å². The van der Waals surface area contributed by atoms with E-state index in [1.807, 2.05) is 17.8 Å². The Balaban J connectivity index is 2.06. The lowest BCUT2D eigenvalue weighted by atomic mass is 10.0. The summed E-state index contributed by atoms with van der Waals surface area (Å²) in [7, 11) is 0. The van der Waals surface area contributed by atoms with Gasteiger partial charge in [0.1, 0.15) is 5.69 Å². The maximum absolute atomic E-state index is 12.2. The first-order valence-corrected chi connectivity index (χ1v) is 7.33. The Bertz CT molecular complexity index is 444. The molecule has 1 aromatic heterocycles. The molecule has 6 heteroatoms. The largest absolute Gasteiger partial charge is 0.373 e. The average Bonchev–Trinajstić information content (AvgIpc) is 2.84. The molecule has 1 aliphatic heterocycles. The predicted molar refractivity (Wildman–Crippen MR) is 74.8 cm³/mol. The third-order valence-corrected chi connectivity index (χ3v) is 3.74. The van der Waals surface area contributed by atoms with Crippen molar-refractivity contribution in [2.45, 2.75) is 52.8 Å². The Kier molecular flexibility index (Phi) is 5.11. The second kappa shape index (κ2) is 6.83. The zero-order valence-electron chi connectivity index (χ0n) is 12.5. The van der Waals surface area contributed by atoms with Gasteiger partial charge in [-0.3, -0.25) is 9.48 Å². The topological polar surface area (TPSA) is 69.0 Å². The van der Waals surface area contributed by atoms with Gasteiger partial charge in [0, 0.05) is 12.5 Å². The highest BCUT2D eigenvalue weighted by molar-refractivity contribution is 5.78. The van der Waals surface area contributed by atoms with Crippen molar-refractivity contribution < 1.29 is 9.53 Å². The Hall–Kier alpha value is -1.43. The fourth-order valence-corrected chi connectivity index (χ4v) is 2.22. The molecule has 0 aliphatic carbocycles. The first-order valence-electron chi connectivity index (χ1n) is 7.33. The SMILES string of the molecule is CC(C)[C@@H]1COCc2cn(nn2)CCC[C@@H](C)C(=O)N1. The number of fused-ring (bicyclic) bond motifs is 2. The molecule has 0 saturated carbocycles. The number of aromatic nitrogens is 3. The summed E-state index contributed by atoms with van der Waals surface area (Å²) in [5, 5.41) is 11.3. The van der Waals surface area contributed by atoms with Crippen molar-refractivity contribution in [2.24, 2.45) is 11.8 Å². The van der Waals surface area contributed by atoms with Crippen molar-refractivity contribution in [1.82, 2.24) is 20.3 Å². The second-order valence-corrected chi connectivity index (χ2v) is 5.89. The van der Waals surface area contributed by atoms with Crippen molar-refractivity contribution >= 4 is 5.91 Å². The zero-order chi connectivity index (χ0) is 14.5. The molecule has 112 valence electrons. The van der Waals surface area contributed by atoms with E-state index >= 15 is 0 Å². The minimum atomic E-state index is 0.0139. The Morgan fingerprint density at radius 1 is 1.50 bits per heavy atom. The van der Waals surface area contributed by atoms with Crippen molar-refractivity contribution in [3.8, 4) is 0 Å². The molecule has 0 radical (unpaired) electrons. The molecule has 0 unspecified atom stereocenters. The summed E-state index contributed by atoms with van der Waals surface area (Å²) in [5.74, 6) is 0.469. The highest BCUT2D eigenvalue weighted by Crippen LogP contribution is 2.11. The van der Waals surface area contributed by atoms with Gasteiger partial charge in [0.25, 0.3) is 0 Å². The van der Waals surface area contributed by atoms with Crippen LogP contribution in [-0.2, 0) is 22.7 Å². The van der Waals surface area contributed by atoms with E-state index < -0.39 is 0 Å². The molecule has 1 amide bonds. The molecular weight excluding hydrogens is 256 g/mol. The van der Waals surface area contributed by atoms with E-state index in [9.17, 15) is 4.79 Å². The number of carbonyl (C=O) groups is 1. The van der Waals surface area contributed by atoms with Crippen LogP contribution in [0.1, 0.15) is 39.3 Å². The van der Waals surface area contributed by atoms with E-state index in [-0.39, 0.29) is 17.9 Å². The zero-order valence-corrected chi connectivity index (χ0v) is 12.5. The van der Waals surface area contributed by atoms with E-state index in [0.717, 1.165) is 25.1 Å². The van der Waals surface area contributed by atoms with Gasteiger partial charge < -0.3 is 10.1 Å². The van der Waals surface area contributed by atoms with E-state index in [0.29, 0.717) is 19.1 Å². The molecule has 2 atom stereocenters. The van der Waals surface area contributed by atoms with Crippen LogP contribution in [0.3, 0.4) is 0 Å². The first-order chi connectivity index (χ1) is 9.56. The lowest BCUT2D eigenvalue weighted by Crippen LogP contribution is -2.44. The molecular formula is C14H24N4O2. The summed E-state index contributed by atoms with van der Waals surface area (Å²) in [6, 6.07) is 0.0424. The molecule has 2 rings (SSSR count). The number of ether oxygens (including phenoxy) is 1. The molecule has 0 aromatic carbocycles. The lowest BCUT2D eigenvalue weighted by Gasteiger charge is -2.24. The lowest BCUT2D eigenvalue weighted by molar-refractivity contribution is -0.126. The molecule has 2 heterocycles. The fraction of sp³-hybridized carbons (Fsp3) is 0.786. The first kappa shape index (κ1) is 15.0. The van der Waals surface area contributed by atoms with Crippen LogP contribution in [0, 0.1) is 11.8 Å². The van der Waals surface area contributed by atoms with Gasteiger partial charge in [-0.1, -0.05) is 26.0 Å². The number of hydrogen-bond acceptors (Lipinski definition) is 4. The van der Waals surface area contributed by atoms with Gasteiger partial charge in [-0.25, -0.2) is 0 Å². The monoisotopic (exact) mass is 280 g/mol. The number of hydrogen-bond donors (Lipinski definition) is 1. The maximum atomic E-state index is 12.2. The van der Waals surface area contributed by atoms with Gasteiger partial charge in [0.15, 0.2) is 0 Å². The van der Waals surface area contributed by atoms with Crippen LogP contribution in [0.4, 0.5) is 0 Å². The highest BCUT2D eigenvalue weighted by atomic mass is 16.5. The average molecular weight is 280 g/mol. The van der Waals surface area contributed by atoms with E-state index in [2.05, 4.69) is 29.5 Å². The number of aryl methyl sites for hydroxylation is 1. The number of nitrogens with zero attached hydrogens (tertiary/aromatic N) is 3. The number of rotatable bonds is 1. The number of nitrogens with one attached hydrogen (secondary N) is 1. The summed E-state index contributed by atoms with van der Waals surface area (Å²) in [4.78, 5) is 12.2. The van der Waals surface area contributed by atoms with Gasteiger partial charge in [-0.05, 0) is 18.8 Å². The molecule has 0 spiro atoms. The molecule has 1 aliphatic rings. The highest BCUT2D eigenvalue weighted by Gasteiger charge is 2.21. The number of carbonyl (C=O) groups excluding carboxylic acids is 1. The quantitative estimate of drug-likeness (QED) is 0.843. The standard InChI is InChI=1S/C14H24N4O2/c1-10(2)13-9-20-8-12-7-18(17-16-12)6-4-5-11(3)14(19)15-13/h7,10-11,13H,4-6,8-9H2,1-3H3,(H,15,19)/t11-,13+/m1/s1. The van der Waals surface area contributed by atoms with E-state index in [1.165, 1.54) is 0 Å².